The summed E-state index contributed by atoms with van der Waals surface area (Å²) in [6, 6.07) is 21.0. The number of aliphatic carboxylic acids is 2. The monoisotopic (exact) mass is 1390 g/mol. The molecule has 9 rings (SSSR count). The molecule has 3 aromatic carbocycles. The Morgan fingerprint density at radius 2 is 0.812 bits per heavy atom. The number of nitrogens with two attached hydrogens (primary N) is 2. The fourth-order valence-electron chi connectivity index (χ4n) is 12.3. The minimum Gasteiger partial charge on any atom is -0.744 e. The lowest BCUT2D eigenvalue weighted by molar-refractivity contribution is -0.415. The zero-order valence-corrected chi connectivity index (χ0v) is 59.4. The van der Waals surface area contributed by atoms with Gasteiger partial charge in [-0.1, -0.05) is 136 Å². The molecule has 24 heteroatoms. The van der Waals surface area contributed by atoms with Crippen LogP contribution in [0.25, 0.3) is 0 Å². The van der Waals surface area contributed by atoms with Gasteiger partial charge in [-0.3, -0.25) is 9.59 Å². The van der Waals surface area contributed by atoms with Crippen LogP contribution in [0.1, 0.15) is 244 Å². The summed E-state index contributed by atoms with van der Waals surface area (Å²) in [5.41, 5.74) is 16.5. The van der Waals surface area contributed by atoms with E-state index in [-0.39, 0.29) is 71.4 Å². The normalized spacial score (nSPS) is 18.8. The average molecular weight is 1390 g/mol. The Bertz CT molecular complexity index is 2880. The number of halogens is 1. The van der Waals surface area contributed by atoms with E-state index in [0.29, 0.717) is 11.5 Å². The third-order valence-corrected chi connectivity index (χ3v) is 18.4. The van der Waals surface area contributed by atoms with Gasteiger partial charge in [-0.25, -0.2) is 32.4 Å². The quantitative estimate of drug-likeness (QED) is 0.0398. The third kappa shape index (κ3) is 33.3. The first kappa shape index (κ1) is 83.9. The van der Waals surface area contributed by atoms with Crippen LogP contribution in [-0.2, 0) is 57.8 Å². The van der Waals surface area contributed by atoms with E-state index in [9.17, 15) is 51.6 Å². The van der Waals surface area contributed by atoms with E-state index in [0.717, 1.165) is 133 Å². The van der Waals surface area contributed by atoms with Gasteiger partial charge in [-0.2, -0.15) is 0 Å². The number of carboxylic acids is 2. The van der Waals surface area contributed by atoms with Crippen LogP contribution in [0.15, 0.2) is 89.8 Å². The van der Waals surface area contributed by atoms with Crippen molar-refractivity contribution in [3.05, 3.63) is 102 Å². The number of carboxylic acid groups (broad SMARTS) is 2. The Balaban J connectivity index is 0.000000305. The number of quaternary nitrogens is 1. The Labute approximate surface area is 575 Å². The molecule has 6 fully saturated rings. The number of ether oxygens (including phenoxy) is 5. The zero-order valence-electron chi connectivity index (χ0n) is 57.7. The van der Waals surface area contributed by atoms with Crippen molar-refractivity contribution in [2.75, 3.05) is 0 Å². The fourth-order valence-corrected chi connectivity index (χ4v) is 12.8. The molecular weight excluding hydrogens is 1270 g/mol. The van der Waals surface area contributed by atoms with Crippen molar-refractivity contribution < 1.29 is 86.2 Å². The molecule has 0 aromatic heterocycles. The van der Waals surface area contributed by atoms with Gasteiger partial charge in [0.05, 0.1) is 4.90 Å². The van der Waals surface area contributed by atoms with E-state index in [1.54, 1.807) is 57.2 Å². The van der Waals surface area contributed by atoms with Crippen molar-refractivity contribution >= 4 is 64.6 Å². The molecule has 0 spiro atoms. The first-order valence-electron chi connectivity index (χ1n) is 34.4. The summed E-state index contributed by atoms with van der Waals surface area (Å²) in [5.74, 6) is -2.08. The topological polar surface area (TPSA) is 367 Å². The maximum absolute atomic E-state index is 12.6. The van der Waals surface area contributed by atoms with Crippen LogP contribution >= 0.6 is 12.4 Å². The molecule has 6 aliphatic carbocycles. The van der Waals surface area contributed by atoms with Crippen molar-refractivity contribution in [3.63, 3.8) is 0 Å². The van der Waals surface area contributed by atoms with E-state index in [4.69, 9.17) is 40.3 Å². The second-order valence-corrected chi connectivity index (χ2v) is 29.2. The van der Waals surface area contributed by atoms with Crippen molar-refractivity contribution in [2.24, 2.45) is 29.2 Å². The maximum atomic E-state index is 12.6. The smallest absolute Gasteiger partial charge is 0.408 e. The standard InChI is InChI=1S/C18H31NO4.C13H23NO4.C13H23NO2.C13H17NO2.C8H9NO2.C7H8O3S.ClH/c1-18(2,3)23-17(21)19-15(13-9-5-4-6-10-13)16(20)22-14-11-7-8-12-14;1-13(2,3)18-12(17)14-10(11(15)16)9-7-5-4-6-8-9;2*14-12(10-6-2-1-3-7-10)13(15)16-11-8-4-5-9-11;9-7(8(10)11)6-4-2-1-3-5-6;1-6-2-4-7(5-3-6)11(8,9)10;/h13-15H,4-12H2,1-3H3,(H,19,21);9-10H,4-8H2,1-3H3,(H,14,17)(H,15,16);10-12H,1-9,14H2;1-3,6-7,11-12H,4-5,8-9,14H2;1-5,7H,9H2,(H,10,11);2-5H,1H3,(H,8,9,10);1H/t15-;10-;2*12-;7-;;/m00000../s1. The van der Waals surface area contributed by atoms with Crippen LogP contribution in [0.4, 0.5) is 9.59 Å². The molecule has 0 heterocycles. The Morgan fingerprint density at radius 1 is 0.479 bits per heavy atom. The summed E-state index contributed by atoms with van der Waals surface area (Å²) in [5, 5.41) is 23.0. The average Bonchev–Trinajstić information content (AvgIpc) is 1.08. The van der Waals surface area contributed by atoms with Crippen LogP contribution in [0.5, 0.6) is 0 Å². The Kier molecular flexibility index (Phi) is 37.7. The summed E-state index contributed by atoms with van der Waals surface area (Å²) >= 11 is 0. The molecule has 0 bridgehead atoms. The fraction of sp³-hybridized carbons (Fsp3) is 0.653. The van der Waals surface area contributed by atoms with Gasteiger partial charge in [0.1, 0.15) is 63.8 Å². The number of nitrogens with one attached hydrogen (secondary N) is 2. The number of amides is 2. The lowest BCUT2D eigenvalue weighted by atomic mass is 9.84. The van der Waals surface area contributed by atoms with E-state index < -0.39 is 69.6 Å². The number of carbonyl (C=O) groups excluding carboxylic acids is 5. The van der Waals surface area contributed by atoms with Crippen LogP contribution in [0, 0.1) is 24.7 Å². The molecule has 96 heavy (non-hydrogen) atoms. The molecule has 6 saturated carbocycles. The molecule has 0 unspecified atom stereocenters. The van der Waals surface area contributed by atoms with Crippen LogP contribution in [0.2, 0.25) is 0 Å². The van der Waals surface area contributed by atoms with Crippen LogP contribution < -0.4 is 27.8 Å². The van der Waals surface area contributed by atoms with Crippen LogP contribution in [0.3, 0.4) is 0 Å². The second-order valence-electron chi connectivity index (χ2n) is 27.8. The van der Waals surface area contributed by atoms with Gasteiger partial charge >= 0.3 is 42.0 Å². The first-order valence-corrected chi connectivity index (χ1v) is 35.8. The number of esters is 3. The highest BCUT2D eigenvalue weighted by Gasteiger charge is 2.37. The van der Waals surface area contributed by atoms with Crippen molar-refractivity contribution in [3.8, 4) is 0 Å². The summed E-state index contributed by atoms with van der Waals surface area (Å²) in [6.45, 7) is 12.5. The van der Waals surface area contributed by atoms with E-state index in [1.165, 1.54) is 63.5 Å². The largest absolute Gasteiger partial charge is 0.744 e. The Hall–Kier alpha value is -6.37. The zero-order chi connectivity index (χ0) is 70.1. The molecule has 0 aliphatic heterocycles. The minimum atomic E-state index is -4.27. The summed E-state index contributed by atoms with van der Waals surface area (Å²) in [6.07, 6.45) is 28.2. The molecule has 3 aromatic rings. The third-order valence-electron chi connectivity index (χ3n) is 17.5. The predicted octanol–water partition coefficient (Wildman–Crippen LogP) is 12.4. The number of hydrogen-bond donors (Lipinski definition) is 7. The van der Waals surface area contributed by atoms with Crippen molar-refractivity contribution in [1.29, 1.82) is 0 Å². The number of hydrogen-bond acceptors (Lipinski definition) is 17. The number of alkyl carbamates (subject to hydrolysis) is 2. The number of rotatable bonds is 16. The molecule has 0 radical (unpaired) electrons. The Morgan fingerprint density at radius 3 is 1.18 bits per heavy atom. The number of carbonyl (C=O) groups is 7. The number of aryl methyl sites for hydroxylation is 1. The van der Waals surface area contributed by atoms with E-state index >= 15 is 0 Å². The van der Waals surface area contributed by atoms with Gasteiger partial charge in [0.2, 0.25) is 6.04 Å². The predicted molar refractivity (Wildman–Crippen MR) is 366 cm³/mol. The van der Waals surface area contributed by atoms with E-state index in [2.05, 4.69) is 16.4 Å². The van der Waals surface area contributed by atoms with Gasteiger partial charge in [-0.15, -0.1) is 12.4 Å². The van der Waals surface area contributed by atoms with E-state index in [1.807, 2.05) is 64.1 Å². The van der Waals surface area contributed by atoms with Crippen LogP contribution in [-0.4, -0.2) is 113 Å². The molecule has 540 valence electrons. The molecule has 22 nitrogen and oxygen atoms in total. The minimum absolute atomic E-state index is 0. The molecule has 0 saturated heterocycles. The lowest BCUT2D eigenvalue weighted by Crippen LogP contribution is -2.58. The van der Waals surface area contributed by atoms with Gasteiger partial charge in [-0.05, 0) is 199 Å². The maximum Gasteiger partial charge on any atom is 0.408 e. The summed E-state index contributed by atoms with van der Waals surface area (Å²) in [7, 11) is -4.27. The SMILES string of the molecule is CC(C)(C)OC(=O)N[C@H](C(=O)O)C1CCCCC1.CC(C)(C)OC(=O)N[C@H](C(=O)OC1CCCC1)C1CCCCC1.Cc1ccc(S(=O)(=O)[O-])cc1.Cl.N[C@H](C(=O)O)c1ccccc1.N[C@H](C(=O)OC1CCCC1)C1CCCCC1.[NH3+][C@H](C(=O)OC1CCCC1)c1ccccc1. The molecule has 6 aliphatic rings. The first-order chi connectivity index (χ1) is 44.9. The summed E-state index contributed by atoms with van der Waals surface area (Å²) < 4.78 is 58.1. The van der Waals surface area contributed by atoms with Gasteiger partial charge < -0.3 is 66.3 Å². The van der Waals surface area contributed by atoms with Gasteiger partial charge in [0.25, 0.3) is 0 Å². The summed E-state index contributed by atoms with van der Waals surface area (Å²) in [4.78, 5) is 81.4. The van der Waals surface area contributed by atoms with Crippen molar-refractivity contribution in [2.45, 2.75) is 286 Å². The molecular formula is C72H112ClN5O17S. The molecule has 5 atom stereocenters. The van der Waals surface area contributed by atoms with Gasteiger partial charge in [0, 0.05) is 5.56 Å². The highest BCUT2D eigenvalue weighted by atomic mass is 35.5. The second kappa shape index (κ2) is 43.1. The highest BCUT2D eigenvalue weighted by molar-refractivity contribution is 7.85. The number of benzene rings is 3. The molecule has 11 N–H and O–H groups in total. The highest BCUT2D eigenvalue weighted by Crippen LogP contribution is 2.32. The molecule has 2 amide bonds. The van der Waals surface area contributed by atoms with Crippen molar-refractivity contribution in [1.82, 2.24) is 10.6 Å². The van der Waals surface area contributed by atoms with Gasteiger partial charge in [0.15, 0.2) is 0 Å². The lowest BCUT2D eigenvalue weighted by Gasteiger charge is -2.31.